The summed E-state index contributed by atoms with van der Waals surface area (Å²) >= 11 is 0. The van der Waals surface area contributed by atoms with E-state index in [0.717, 1.165) is 25.9 Å². The minimum Gasteiger partial charge on any atom is -0.473 e. The first-order valence-corrected chi connectivity index (χ1v) is 7.26. The highest BCUT2D eigenvalue weighted by molar-refractivity contribution is 5.78. The topological polar surface area (TPSA) is 93.4 Å². The van der Waals surface area contributed by atoms with E-state index >= 15 is 0 Å². The normalized spacial score (nSPS) is 16.1. The Hall–Kier alpha value is -2.05. The third-order valence-corrected chi connectivity index (χ3v) is 3.59. The van der Waals surface area contributed by atoms with Crippen LogP contribution in [0.3, 0.4) is 0 Å². The van der Waals surface area contributed by atoms with Crippen LogP contribution in [0.5, 0.6) is 5.88 Å². The van der Waals surface area contributed by atoms with Crippen LogP contribution in [0, 0.1) is 5.92 Å². The van der Waals surface area contributed by atoms with E-state index in [1.165, 1.54) is 6.33 Å². The largest absolute Gasteiger partial charge is 0.473 e. The molecule has 0 spiro atoms. The van der Waals surface area contributed by atoms with Crippen LogP contribution in [0.4, 0.5) is 11.5 Å². The Morgan fingerprint density at radius 1 is 1.43 bits per heavy atom. The van der Waals surface area contributed by atoms with Gasteiger partial charge in [-0.15, -0.1) is 0 Å². The van der Waals surface area contributed by atoms with Crippen molar-refractivity contribution in [3.63, 3.8) is 0 Å². The molecule has 7 heteroatoms. The predicted octanol–water partition coefficient (Wildman–Crippen LogP) is 0.808. The Balaban J connectivity index is 2.08. The van der Waals surface area contributed by atoms with Crippen LogP contribution in [0.15, 0.2) is 6.33 Å². The maximum absolute atomic E-state index is 11.7. The van der Waals surface area contributed by atoms with Gasteiger partial charge in [0.2, 0.25) is 11.8 Å². The monoisotopic (exact) mass is 293 g/mol. The second-order valence-electron chi connectivity index (χ2n) is 5.46. The minimum atomic E-state index is 0.00837. The zero-order valence-electron chi connectivity index (χ0n) is 12.8. The number of rotatable bonds is 4. The highest BCUT2D eigenvalue weighted by Gasteiger charge is 2.26. The lowest BCUT2D eigenvalue weighted by Gasteiger charge is -2.32. The highest BCUT2D eigenvalue weighted by Crippen LogP contribution is 2.31. The molecule has 1 aliphatic rings. The molecule has 1 aromatic rings. The number of amides is 1. The van der Waals surface area contributed by atoms with Gasteiger partial charge in [-0.3, -0.25) is 4.79 Å². The third kappa shape index (κ3) is 3.53. The molecule has 1 saturated heterocycles. The Morgan fingerprint density at radius 2 is 2.10 bits per heavy atom. The van der Waals surface area contributed by atoms with E-state index in [0.29, 0.717) is 17.4 Å². The Bertz CT molecular complexity index is 498. The van der Waals surface area contributed by atoms with Gasteiger partial charge in [0.25, 0.3) is 0 Å². The third-order valence-electron chi connectivity index (χ3n) is 3.59. The Morgan fingerprint density at radius 3 is 2.67 bits per heavy atom. The molecule has 0 aliphatic carbocycles. The number of piperidine rings is 1. The van der Waals surface area contributed by atoms with Gasteiger partial charge in [-0.25, -0.2) is 4.98 Å². The van der Waals surface area contributed by atoms with Gasteiger partial charge in [0.05, 0.1) is 6.10 Å². The van der Waals surface area contributed by atoms with Gasteiger partial charge < -0.3 is 20.7 Å². The first-order valence-electron chi connectivity index (χ1n) is 7.26. The molecular weight excluding hydrogens is 270 g/mol. The number of anilines is 2. The van der Waals surface area contributed by atoms with Gasteiger partial charge in [-0.05, 0) is 26.7 Å². The number of nitrogens with one attached hydrogen (secondary N) is 1. The lowest BCUT2D eigenvalue weighted by atomic mass is 9.96. The van der Waals surface area contributed by atoms with Gasteiger partial charge >= 0.3 is 0 Å². The summed E-state index contributed by atoms with van der Waals surface area (Å²) in [6.45, 7) is 5.35. The van der Waals surface area contributed by atoms with Crippen molar-refractivity contribution in [2.24, 2.45) is 5.92 Å². The summed E-state index contributed by atoms with van der Waals surface area (Å²) in [5.74, 6) is 1.29. The van der Waals surface area contributed by atoms with Crippen molar-refractivity contribution in [2.75, 3.05) is 30.8 Å². The van der Waals surface area contributed by atoms with E-state index < -0.39 is 0 Å². The summed E-state index contributed by atoms with van der Waals surface area (Å²) in [6, 6.07) is 0. The highest BCUT2D eigenvalue weighted by atomic mass is 16.5. The Labute approximate surface area is 124 Å². The van der Waals surface area contributed by atoms with Crippen LogP contribution >= 0.6 is 0 Å². The number of nitrogen functional groups attached to an aromatic ring is 1. The van der Waals surface area contributed by atoms with Crippen LogP contribution in [-0.2, 0) is 4.79 Å². The lowest BCUT2D eigenvalue weighted by molar-refractivity contribution is -0.125. The van der Waals surface area contributed by atoms with Crippen LogP contribution in [0.1, 0.15) is 26.7 Å². The minimum absolute atomic E-state index is 0.00837. The molecule has 0 aromatic carbocycles. The average molecular weight is 293 g/mol. The number of hydrogen-bond acceptors (Lipinski definition) is 6. The number of aromatic nitrogens is 2. The molecule has 0 saturated carbocycles. The van der Waals surface area contributed by atoms with E-state index in [-0.39, 0.29) is 17.9 Å². The fraction of sp³-hybridized carbons (Fsp3) is 0.643. The SMILES string of the molecule is CNC(=O)C1CCN(c2ncnc(OC(C)C)c2N)CC1. The van der Waals surface area contributed by atoms with Crippen LogP contribution < -0.4 is 20.7 Å². The maximum atomic E-state index is 11.7. The second-order valence-corrected chi connectivity index (χ2v) is 5.46. The number of nitrogens with zero attached hydrogens (tertiary/aromatic N) is 3. The predicted molar refractivity (Wildman–Crippen MR) is 81.2 cm³/mol. The molecule has 0 unspecified atom stereocenters. The van der Waals surface area contributed by atoms with Gasteiger partial charge in [-0.1, -0.05) is 0 Å². The standard InChI is InChI=1S/C14H23N5O2/c1-9(2)21-14-11(15)12(17-8-18-14)19-6-4-10(5-7-19)13(20)16-3/h8-10H,4-7,15H2,1-3H3,(H,16,20). The molecule has 7 nitrogen and oxygen atoms in total. The Kier molecular flexibility index (Phi) is 4.82. The first kappa shape index (κ1) is 15.3. The molecule has 3 N–H and O–H groups in total. The summed E-state index contributed by atoms with van der Waals surface area (Å²) in [7, 11) is 1.67. The molecule has 2 heterocycles. The zero-order chi connectivity index (χ0) is 15.4. The van der Waals surface area contributed by atoms with Crippen molar-refractivity contribution < 1.29 is 9.53 Å². The summed E-state index contributed by atoms with van der Waals surface area (Å²) in [6.07, 6.45) is 3.07. The van der Waals surface area contributed by atoms with E-state index in [1.54, 1.807) is 7.05 Å². The van der Waals surface area contributed by atoms with E-state index in [1.807, 2.05) is 13.8 Å². The number of carbonyl (C=O) groups excluding carboxylic acids is 1. The van der Waals surface area contributed by atoms with E-state index in [2.05, 4.69) is 20.2 Å². The summed E-state index contributed by atoms with van der Waals surface area (Å²) < 4.78 is 5.59. The van der Waals surface area contributed by atoms with E-state index in [4.69, 9.17) is 10.5 Å². The van der Waals surface area contributed by atoms with E-state index in [9.17, 15) is 4.79 Å². The fourth-order valence-corrected chi connectivity index (χ4v) is 2.50. The molecule has 116 valence electrons. The van der Waals surface area contributed by atoms with Gasteiger partial charge in [0.15, 0.2) is 5.82 Å². The molecule has 1 aromatic heterocycles. The van der Waals surface area contributed by atoms with Crippen molar-refractivity contribution in [2.45, 2.75) is 32.8 Å². The molecular formula is C14H23N5O2. The van der Waals surface area contributed by atoms with Crippen molar-refractivity contribution in [3.8, 4) is 5.88 Å². The van der Waals surface area contributed by atoms with Crippen LogP contribution in [0.2, 0.25) is 0 Å². The van der Waals surface area contributed by atoms with Crippen molar-refractivity contribution in [3.05, 3.63) is 6.33 Å². The smallest absolute Gasteiger partial charge is 0.242 e. The zero-order valence-corrected chi connectivity index (χ0v) is 12.8. The molecule has 1 aliphatic heterocycles. The average Bonchev–Trinajstić information content (AvgIpc) is 2.48. The molecule has 1 fully saturated rings. The summed E-state index contributed by atoms with van der Waals surface area (Å²) in [4.78, 5) is 22.1. The summed E-state index contributed by atoms with van der Waals surface area (Å²) in [5, 5.41) is 2.70. The lowest BCUT2D eigenvalue weighted by Crippen LogP contribution is -2.40. The second kappa shape index (κ2) is 6.60. The summed E-state index contributed by atoms with van der Waals surface area (Å²) in [5.41, 5.74) is 6.57. The molecule has 21 heavy (non-hydrogen) atoms. The number of hydrogen-bond donors (Lipinski definition) is 2. The quantitative estimate of drug-likeness (QED) is 0.853. The van der Waals surface area contributed by atoms with Gasteiger partial charge in [0.1, 0.15) is 12.0 Å². The molecule has 1 amide bonds. The molecule has 2 rings (SSSR count). The van der Waals surface area contributed by atoms with Crippen LogP contribution in [-0.4, -0.2) is 42.1 Å². The fourth-order valence-electron chi connectivity index (χ4n) is 2.50. The van der Waals surface area contributed by atoms with Gasteiger partial charge in [0, 0.05) is 26.1 Å². The first-order chi connectivity index (χ1) is 10.0. The van der Waals surface area contributed by atoms with Crippen molar-refractivity contribution in [1.82, 2.24) is 15.3 Å². The number of ether oxygens (including phenoxy) is 1. The van der Waals surface area contributed by atoms with Crippen molar-refractivity contribution >= 4 is 17.4 Å². The van der Waals surface area contributed by atoms with Crippen LogP contribution in [0.25, 0.3) is 0 Å². The van der Waals surface area contributed by atoms with Crippen molar-refractivity contribution in [1.29, 1.82) is 0 Å². The molecule has 0 atom stereocenters. The van der Waals surface area contributed by atoms with Gasteiger partial charge in [-0.2, -0.15) is 4.98 Å². The molecule has 0 bridgehead atoms. The maximum Gasteiger partial charge on any atom is 0.242 e. The number of nitrogens with two attached hydrogens (primary N) is 1. The molecule has 0 radical (unpaired) electrons. The number of carbonyl (C=O) groups is 1.